The lowest BCUT2D eigenvalue weighted by Crippen LogP contribution is -2.63. The minimum absolute atomic E-state index is 0.0338. The lowest BCUT2D eigenvalue weighted by molar-refractivity contribution is -0.142. The number of fused-ring (bicyclic) bond motifs is 1. The third-order valence-corrected chi connectivity index (χ3v) is 18.8. The van der Waals surface area contributed by atoms with Gasteiger partial charge in [-0.1, -0.05) is 109 Å². The van der Waals surface area contributed by atoms with Crippen LogP contribution in [0.2, 0.25) is 0 Å². The van der Waals surface area contributed by atoms with Gasteiger partial charge in [-0.25, -0.2) is 4.79 Å². The minimum atomic E-state index is -1.89. The average Bonchev–Trinajstić information content (AvgIpc) is 1.57. The van der Waals surface area contributed by atoms with Gasteiger partial charge >= 0.3 is 5.97 Å². The Labute approximate surface area is 665 Å². The number of aromatic nitrogens is 1. The Hall–Kier alpha value is -10.5. The lowest BCUT2D eigenvalue weighted by Gasteiger charge is -2.29. The van der Waals surface area contributed by atoms with E-state index in [1.54, 1.807) is 121 Å². The third kappa shape index (κ3) is 30.5. The number of para-hydroxylation sites is 1. The number of nitrogens with one attached hydrogen (secondary N) is 14. The second kappa shape index (κ2) is 47.7. The number of carboxylic acids is 1. The Balaban J connectivity index is 1.44. The number of thiol groups is 2. The molecule has 616 valence electrons. The fourth-order valence-corrected chi connectivity index (χ4v) is 12.1. The van der Waals surface area contributed by atoms with Gasteiger partial charge in [0.25, 0.3) is 0 Å². The zero-order valence-electron chi connectivity index (χ0n) is 63.5. The highest BCUT2D eigenvalue weighted by atomic mass is 32.1. The quantitative estimate of drug-likeness (QED) is 0.0131. The molecule has 1 aromatic heterocycles. The van der Waals surface area contributed by atoms with Crippen molar-refractivity contribution in [3.63, 3.8) is 0 Å². The van der Waals surface area contributed by atoms with Crippen molar-refractivity contribution >= 4 is 119 Å². The minimum Gasteiger partial charge on any atom is -0.480 e. The monoisotopic (exact) mass is 1610 g/mol. The normalized spacial score (nSPS) is 15.4. The highest BCUT2D eigenvalue weighted by Gasteiger charge is 2.39. The first-order valence-corrected chi connectivity index (χ1v) is 38.3. The second-order valence-corrected chi connectivity index (χ2v) is 28.1. The molecule has 37 heteroatoms. The van der Waals surface area contributed by atoms with Crippen molar-refractivity contribution in [1.82, 2.24) is 74.1 Å². The molecule has 16 atom stereocenters. The number of amides is 13. The summed E-state index contributed by atoms with van der Waals surface area (Å²) >= 11 is 8.13. The summed E-state index contributed by atoms with van der Waals surface area (Å²) in [4.78, 5) is 198. The van der Waals surface area contributed by atoms with Gasteiger partial charge in [0, 0.05) is 54.3 Å². The van der Waals surface area contributed by atoms with Crippen molar-refractivity contribution in [2.45, 2.75) is 196 Å². The maximum atomic E-state index is 15.3. The molecular weight excluding hydrogens is 1500 g/mol. The number of carboxylic acid groups (broad SMARTS) is 1. The summed E-state index contributed by atoms with van der Waals surface area (Å²) in [5.41, 5.74) is 20.0. The number of H-pyrrole nitrogens is 1. The summed E-state index contributed by atoms with van der Waals surface area (Å²) in [6.07, 6.45) is -1.53. The smallest absolute Gasteiger partial charge is 0.327 e. The summed E-state index contributed by atoms with van der Waals surface area (Å²) < 4.78 is 0. The van der Waals surface area contributed by atoms with Crippen molar-refractivity contribution in [3.05, 3.63) is 144 Å². The number of carbonyl (C=O) groups excluding carboxylic acids is 13. The van der Waals surface area contributed by atoms with Gasteiger partial charge in [-0.05, 0) is 115 Å². The zero-order valence-corrected chi connectivity index (χ0v) is 65.3. The summed E-state index contributed by atoms with van der Waals surface area (Å²) in [5.74, 6) is -14.3. The van der Waals surface area contributed by atoms with Crippen LogP contribution in [0.3, 0.4) is 0 Å². The number of unbranched alkanes of at least 4 members (excludes halogenated alkanes) is 2. The summed E-state index contributed by atoms with van der Waals surface area (Å²) in [6, 6.07) is 11.4. The molecule has 0 fully saturated rings. The standard InChI is InChI=1S/C76H107N17O18S2/c1-41(79)63(97)81-42(2)65(99)90-59(39-112)73(107)84-52(29-17-19-31-77)66(100)82-43(3)64(98)85-54(33-46-21-9-6-10-22-46)68(102)86-55(34-47-23-11-7-12-24-47)69(103)87-57(36-49-37-80-51-28-16-15-27-50(49)51)70(104)83-53(30-18-20-32-78)67(101)92-61(44(4)95)74(108)88-56(35-48-25-13-8-14-26-48)71(105)93-62(45(5)96)75(109)89-58(38-94)72(106)91-60(40-113)76(110)111/h6-16,21-28,37,41-45,52-62,80,94-96,112-113H,17-20,29-36,38-40,77-79H2,1-5H3,(H,81,97)(H,82,100)(H,83,104)(H,84,107)(H,85,98)(H,86,102)(H,87,103)(H,88,108)(H,89,109)(H,90,99)(H,91,106)(H,92,101)(H,93,105)(H,110,111)/t41-,42+,43-,44?,45?,52-,53-,54-,55-,56+,57+,58-,59-,60-,61-,62-/m0/s1. The number of aromatic amines is 1. The molecule has 0 aliphatic rings. The van der Waals surface area contributed by atoms with Gasteiger partial charge in [-0.15, -0.1) is 0 Å². The van der Waals surface area contributed by atoms with E-state index in [-0.39, 0.29) is 69.5 Å². The maximum absolute atomic E-state index is 15.3. The molecule has 0 saturated heterocycles. The molecule has 13 amide bonds. The molecule has 113 heavy (non-hydrogen) atoms. The van der Waals surface area contributed by atoms with Gasteiger partial charge in [0.1, 0.15) is 78.5 Å². The molecule has 0 saturated carbocycles. The van der Waals surface area contributed by atoms with Crippen LogP contribution in [-0.4, -0.2) is 236 Å². The summed E-state index contributed by atoms with van der Waals surface area (Å²) in [7, 11) is 0. The maximum Gasteiger partial charge on any atom is 0.327 e. The Kier molecular flexibility index (Phi) is 39.3. The lowest BCUT2D eigenvalue weighted by atomic mass is 10.00. The van der Waals surface area contributed by atoms with Gasteiger partial charge in [-0.3, -0.25) is 62.3 Å². The first-order valence-electron chi connectivity index (χ1n) is 37.0. The van der Waals surface area contributed by atoms with Crippen molar-refractivity contribution in [2.75, 3.05) is 31.2 Å². The van der Waals surface area contributed by atoms with E-state index >= 15 is 14.4 Å². The van der Waals surface area contributed by atoms with Crippen molar-refractivity contribution < 1.29 is 87.5 Å². The van der Waals surface area contributed by atoms with E-state index < -0.39 is 186 Å². The number of hydrogen-bond acceptors (Lipinski definition) is 22. The van der Waals surface area contributed by atoms with Crippen LogP contribution in [0, 0.1) is 0 Å². The Morgan fingerprint density at radius 2 is 0.690 bits per heavy atom. The van der Waals surface area contributed by atoms with E-state index in [1.165, 1.54) is 20.8 Å². The number of hydrogen-bond donors (Lipinski definition) is 23. The highest BCUT2D eigenvalue weighted by molar-refractivity contribution is 7.80. The molecule has 0 spiro atoms. The molecule has 5 aromatic rings. The molecule has 0 bridgehead atoms. The van der Waals surface area contributed by atoms with Crippen molar-refractivity contribution in [2.24, 2.45) is 17.2 Å². The molecule has 0 aliphatic carbocycles. The third-order valence-electron chi connectivity index (χ3n) is 18.1. The number of benzene rings is 4. The van der Waals surface area contributed by atoms with Crippen LogP contribution in [0.1, 0.15) is 95.4 Å². The predicted molar refractivity (Wildman–Crippen MR) is 424 cm³/mol. The summed E-state index contributed by atoms with van der Waals surface area (Å²) in [6.45, 7) is 5.75. The SMILES string of the molecule is CC(O)[C@H](NC(=O)[C@H](CCCCN)NC(=O)[C@@H](Cc1c[nH]c2ccccc12)NC(=O)[C@H](Cc1ccccc1)NC(=O)[C@H](Cc1ccccc1)NC(=O)[C@H](C)NC(=O)[C@H](CCCCN)NC(=O)[C@H](CS)NC(=O)[C@@H](C)NC(=O)[C@H](C)N)C(=O)N[C@H](Cc1ccccc1)C(=O)N[C@H](C(=O)N[C@@H](CO)C(=O)N[C@@H](CS)C(=O)O)C(C)O. The van der Waals surface area contributed by atoms with Gasteiger partial charge in [0.05, 0.1) is 24.9 Å². The molecule has 1 heterocycles. The van der Waals surface area contributed by atoms with E-state index in [0.29, 0.717) is 52.4 Å². The molecule has 0 radical (unpaired) electrons. The largest absolute Gasteiger partial charge is 0.480 e. The van der Waals surface area contributed by atoms with Crippen LogP contribution in [0.15, 0.2) is 121 Å². The Morgan fingerprint density at radius 3 is 1.09 bits per heavy atom. The van der Waals surface area contributed by atoms with Gasteiger partial charge in [0.2, 0.25) is 76.8 Å². The van der Waals surface area contributed by atoms with E-state index in [2.05, 4.69) is 99.4 Å². The van der Waals surface area contributed by atoms with Gasteiger partial charge in [0.15, 0.2) is 0 Å². The Bertz CT molecular complexity index is 4000. The molecule has 35 nitrogen and oxygen atoms in total. The van der Waals surface area contributed by atoms with Crippen LogP contribution >= 0.6 is 25.3 Å². The van der Waals surface area contributed by atoms with Crippen LogP contribution < -0.4 is 86.3 Å². The number of aliphatic hydroxyl groups excluding tert-OH is 3. The topological polar surface area (TPSA) is 570 Å². The van der Waals surface area contributed by atoms with Crippen LogP contribution in [0.5, 0.6) is 0 Å². The van der Waals surface area contributed by atoms with E-state index in [4.69, 9.17) is 17.2 Å². The fourth-order valence-electron chi connectivity index (χ4n) is 11.6. The average molecular weight is 1610 g/mol. The second-order valence-electron chi connectivity index (χ2n) is 27.3. The van der Waals surface area contributed by atoms with E-state index in [9.17, 15) is 73.2 Å². The van der Waals surface area contributed by atoms with Crippen LogP contribution in [0.4, 0.5) is 0 Å². The molecule has 24 N–H and O–H groups in total. The first kappa shape index (κ1) is 93.1. The van der Waals surface area contributed by atoms with Gasteiger partial charge < -0.3 is 112 Å². The fraction of sp³-hybridized carbons (Fsp3) is 0.474. The highest BCUT2D eigenvalue weighted by Crippen LogP contribution is 2.21. The zero-order chi connectivity index (χ0) is 83.4. The molecule has 2 unspecified atom stereocenters. The number of aliphatic carboxylic acids is 1. The predicted octanol–water partition coefficient (Wildman–Crippen LogP) is -3.92. The van der Waals surface area contributed by atoms with Crippen molar-refractivity contribution in [3.8, 4) is 0 Å². The van der Waals surface area contributed by atoms with Crippen LogP contribution in [0.25, 0.3) is 10.9 Å². The molecule has 5 rings (SSSR count). The number of rotatable bonds is 48. The van der Waals surface area contributed by atoms with Crippen LogP contribution in [-0.2, 0) is 92.8 Å². The van der Waals surface area contributed by atoms with E-state index in [1.807, 2.05) is 0 Å². The summed E-state index contributed by atoms with van der Waals surface area (Å²) in [5, 5.41) is 75.0. The number of aliphatic hydroxyl groups is 3. The Morgan fingerprint density at radius 1 is 0.372 bits per heavy atom. The molecular formula is C76H107N17O18S2. The van der Waals surface area contributed by atoms with E-state index in [0.717, 1.165) is 13.8 Å². The van der Waals surface area contributed by atoms with Gasteiger partial charge in [-0.2, -0.15) is 25.3 Å². The number of nitrogens with two attached hydrogens (primary N) is 3. The number of carbonyl (C=O) groups is 14. The van der Waals surface area contributed by atoms with Crippen molar-refractivity contribution in [1.29, 1.82) is 0 Å². The molecule has 0 aliphatic heterocycles. The first-order chi connectivity index (χ1) is 53.8. The molecule has 4 aromatic carbocycles.